The van der Waals surface area contributed by atoms with E-state index in [-0.39, 0.29) is 18.2 Å². The Balaban J connectivity index is 2.28. The van der Waals surface area contributed by atoms with Crippen molar-refractivity contribution in [1.29, 1.82) is 0 Å². The van der Waals surface area contributed by atoms with Gasteiger partial charge < -0.3 is 15.4 Å². The maximum atomic E-state index is 12.1. The predicted octanol–water partition coefficient (Wildman–Crippen LogP) is -0.0306. The average Bonchev–Trinajstić information content (AvgIpc) is 2.45. The third-order valence-electron chi connectivity index (χ3n) is 3.90. The number of aliphatic hydroxyl groups excluding tert-OH is 1. The zero-order valence-electron chi connectivity index (χ0n) is 12.3. The number of aromatic nitrogens is 2. The number of aliphatic hydroxyl groups is 1. The molecule has 1 aromatic heterocycles. The molecule has 20 heavy (non-hydrogen) atoms. The highest BCUT2D eigenvalue weighted by molar-refractivity contribution is 5.18. The highest BCUT2D eigenvalue weighted by Crippen LogP contribution is 2.21. The summed E-state index contributed by atoms with van der Waals surface area (Å²) in [5, 5.41) is 12.3. The smallest absolute Gasteiger partial charge is 0.254 e. The Hall–Kier alpha value is -1.24. The van der Waals surface area contributed by atoms with Crippen molar-refractivity contribution in [3.05, 3.63) is 27.4 Å². The zero-order valence-corrected chi connectivity index (χ0v) is 12.3. The van der Waals surface area contributed by atoms with Gasteiger partial charge in [-0.3, -0.25) is 9.69 Å². The fourth-order valence-corrected chi connectivity index (χ4v) is 2.81. The molecule has 0 spiro atoms. The van der Waals surface area contributed by atoms with Crippen LogP contribution in [-0.4, -0.2) is 52.8 Å². The van der Waals surface area contributed by atoms with Crippen LogP contribution in [0.15, 0.2) is 4.79 Å². The Labute approximate surface area is 119 Å². The van der Waals surface area contributed by atoms with Gasteiger partial charge in [-0.15, -0.1) is 0 Å². The lowest BCUT2D eigenvalue weighted by Gasteiger charge is -2.33. The minimum absolute atomic E-state index is 0.0278. The number of H-pyrrole nitrogens is 1. The van der Waals surface area contributed by atoms with Gasteiger partial charge in [0.15, 0.2) is 0 Å². The summed E-state index contributed by atoms with van der Waals surface area (Å²) in [5.41, 5.74) is 1.20. The molecule has 1 aliphatic rings. The van der Waals surface area contributed by atoms with Gasteiger partial charge >= 0.3 is 0 Å². The number of hydrogen-bond acceptors (Lipinski definition) is 5. The number of aryl methyl sites for hydroxylation is 1. The molecule has 1 aliphatic heterocycles. The maximum absolute atomic E-state index is 12.1. The van der Waals surface area contributed by atoms with Gasteiger partial charge in [-0.2, -0.15) is 0 Å². The van der Waals surface area contributed by atoms with Crippen LogP contribution < -0.4 is 10.9 Å². The standard InChI is InChI=1S/C14H24N4O2/c1-3-12(18-7-5-15-6-8-18)13-16-10(2)11(4-9-19)14(20)17-13/h12,15,19H,3-9H2,1-2H3,(H,16,17,20). The summed E-state index contributed by atoms with van der Waals surface area (Å²) < 4.78 is 0. The van der Waals surface area contributed by atoms with Gasteiger partial charge in [-0.1, -0.05) is 6.92 Å². The molecule has 1 unspecified atom stereocenters. The molecule has 0 bridgehead atoms. The topological polar surface area (TPSA) is 81.2 Å². The van der Waals surface area contributed by atoms with Crippen LogP contribution in [0.1, 0.15) is 36.5 Å². The first-order chi connectivity index (χ1) is 9.67. The number of rotatable bonds is 5. The van der Waals surface area contributed by atoms with Crippen molar-refractivity contribution >= 4 is 0 Å². The summed E-state index contributed by atoms with van der Waals surface area (Å²) in [6.45, 7) is 7.82. The largest absolute Gasteiger partial charge is 0.396 e. The fraction of sp³-hybridized carbons (Fsp3) is 0.714. The molecule has 0 radical (unpaired) electrons. The van der Waals surface area contributed by atoms with Gasteiger partial charge in [0.1, 0.15) is 5.82 Å². The minimum Gasteiger partial charge on any atom is -0.396 e. The third-order valence-corrected chi connectivity index (χ3v) is 3.90. The first-order valence-electron chi connectivity index (χ1n) is 7.32. The molecule has 6 nitrogen and oxygen atoms in total. The van der Waals surface area contributed by atoms with Crippen LogP contribution in [0, 0.1) is 6.92 Å². The predicted molar refractivity (Wildman–Crippen MR) is 77.9 cm³/mol. The van der Waals surface area contributed by atoms with Gasteiger partial charge in [-0.05, 0) is 13.3 Å². The molecule has 2 heterocycles. The second-order valence-electron chi connectivity index (χ2n) is 5.20. The maximum Gasteiger partial charge on any atom is 0.254 e. The number of aromatic amines is 1. The number of nitrogens with zero attached hydrogens (tertiary/aromatic N) is 2. The summed E-state index contributed by atoms with van der Waals surface area (Å²) in [5.74, 6) is 0.749. The van der Waals surface area contributed by atoms with E-state index in [4.69, 9.17) is 5.11 Å². The van der Waals surface area contributed by atoms with Crippen molar-refractivity contribution in [2.24, 2.45) is 0 Å². The van der Waals surface area contributed by atoms with E-state index in [0.29, 0.717) is 12.0 Å². The lowest BCUT2D eigenvalue weighted by atomic mass is 10.1. The van der Waals surface area contributed by atoms with Crippen LogP contribution in [0.2, 0.25) is 0 Å². The second-order valence-corrected chi connectivity index (χ2v) is 5.20. The molecule has 1 aromatic rings. The van der Waals surface area contributed by atoms with E-state index in [9.17, 15) is 4.79 Å². The summed E-state index contributed by atoms with van der Waals surface area (Å²) in [4.78, 5) is 22.0. The summed E-state index contributed by atoms with van der Waals surface area (Å²) >= 11 is 0. The van der Waals surface area contributed by atoms with E-state index in [2.05, 4.69) is 27.1 Å². The van der Waals surface area contributed by atoms with Gasteiger partial charge in [0, 0.05) is 50.5 Å². The van der Waals surface area contributed by atoms with Gasteiger partial charge in [0.2, 0.25) is 0 Å². The van der Waals surface area contributed by atoms with Gasteiger partial charge in [0.25, 0.3) is 5.56 Å². The molecule has 0 aromatic carbocycles. The Morgan fingerprint density at radius 2 is 2.10 bits per heavy atom. The monoisotopic (exact) mass is 280 g/mol. The normalized spacial score (nSPS) is 18.1. The fourth-order valence-electron chi connectivity index (χ4n) is 2.81. The molecule has 0 amide bonds. The van der Waals surface area contributed by atoms with Crippen molar-refractivity contribution < 1.29 is 5.11 Å². The SMILES string of the molecule is CCC(c1nc(C)c(CCO)c(=O)[nH]1)N1CCNCC1. The zero-order chi connectivity index (χ0) is 14.5. The van der Waals surface area contributed by atoms with E-state index in [1.165, 1.54) is 0 Å². The van der Waals surface area contributed by atoms with Crippen molar-refractivity contribution in [2.45, 2.75) is 32.7 Å². The molecule has 0 aliphatic carbocycles. The van der Waals surface area contributed by atoms with Crippen molar-refractivity contribution in [2.75, 3.05) is 32.8 Å². The number of piperazine rings is 1. The van der Waals surface area contributed by atoms with Crippen LogP contribution in [0.5, 0.6) is 0 Å². The molecule has 112 valence electrons. The first-order valence-corrected chi connectivity index (χ1v) is 7.32. The minimum atomic E-state index is -0.116. The number of nitrogens with one attached hydrogen (secondary N) is 2. The highest BCUT2D eigenvalue weighted by atomic mass is 16.3. The van der Waals surface area contributed by atoms with Crippen LogP contribution in [-0.2, 0) is 6.42 Å². The lowest BCUT2D eigenvalue weighted by Crippen LogP contribution is -2.45. The molecule has 2 rings (SSSR count). The second kappa shape index (κ2) is 6.97. The van der Waals surface area contributed by atoms with E-state index in [0.717, 1.165) is 44.1 Å². The van der Waals surface area contributed by atoms with Crippen molar-refractivity contribution in [3.63, 3.8) is 0 Å². The first kappa shape index (κ1) is 15.2. The molecule has 6 heteroatoms. The van der Waals surface area contributed by atoms with Crippen molar-refractivity contribution in [1.82, 2.24) is 20.2 Å². The van der Waals surface area contributed by atoms with E-state index in [1.54, 1.807) is 0 Å². The van der Waals surface area contributed by atoms with E-state index < -0.39 is 0 Å². The third kappa shape index (κ3) is 3.26. The van der Waals surface area contributed by atoms with Crippen LogP contribution >= 0.6 is 0 Å². The summed E-state index contributed by atoms with van der Waals surface area (Å²) in [6, 6.07) is 0.159. The van der Waals surface area contributed by atoms with Crippen LogP contribution in [0.25, 0.3) is 0 Å². The summed E-state index contributed by atoms with van der Waals surface area (Å²) in [6.07, 6.45) is 1.28. The van der Waals surface area contributed by atoms with E-state index >= 15 is 0 Å². The Kier molecular flexibility index (Phi) is 5.28. The number of hydrogen-bond donors (Lipinski definition) is 3. The Bertz CT molecular complexity index is 494. The van der Waals surface area contributed by atoms with E-state index in [1.807, 2.05) is 6.92 Å². The van der Waals surface area contributed by atoms with Crippen LogP contribution in [0.3, 0.4) is 0 Å². The molecule has 0 saturated carbocycles. The van der Waals surface area contributed by atoms with Crippen molar-refractivity contribution in [3.8, 4) is 0 Å². The molecule has 1 atom stereocenters. The molecule has 1 saturated heterocycles. The highest BCUT2D eigenvalue weighted by Gasteiger charge is 2.23. The quantitative estimate of drug-likeness (QED) is 0.705. The molecule has 1 fully saturated rings. The molecular formula is C14H24N4O2. The molecule has 3 N–H and O–H groups in total. The molecular weight excluding hydrogens is 256 g/mol. The summed E-state index contributed by atoms with van der Waals surface area (Å²) in [7, 11) is 0. The Morgan fingerprint density at radius 3 is 2.65 bits per heavy atom. The van der Waals surface area contributed by atoms with Crippen LogP contribution in [0.4, 0.5) is 0 Å². The van der Waals surface area contributed by atoms with Gasteiger partial charge in [-0.25, -0.2) is 4.98 Å². The Morgan fingerprint density at radius 1 is 1.40 bits per heavy atom. The van der Waals surface area contributed by atoms with Gasteiger partial charge in [0.05, 0.1) is 6.04 Å². The lowest BCUT2D eigenvalue weighted by molar-refractivity contribution is 0.162. The average molecular weight is 280 g/mol.